The Morgan fingerprint density at radius 2 is 1.60 bits per heavy atom. The molecule has 0 unspecified atom stereocenters. The molecule has 2 nitrogen and oxygen atoms in total. The van der Waals surface area contributed by atoms with Crippen LogP contribution in [-0.2, 0) is 6.42 Å². The lowest BCUT2D eigenvalue weighted by Crippen LogP contribution is -2.30. The highest BCUT2D eigenvalue weighted by Gasteiger charge is 2.12. The first-order chi connectivity index (χ1) is 12.1. The minimum Gasteiger partial charge on any atom is -0.339 e. The molecule has 0 heterocycles. The van der Waals surface area contributed by atoms with Gasteiger partial charge in [0.05, 0.1) is 5.02 Å². The molecule has 128 valence electrons. The van der Waals surface area contributed by atoms with Crippen LogP contribution in [0.4, 0.5) is 0 Å². The molecule has 3 aromatic rings. The van der Waals surface area contributed by atoms with Gasteiger partial charge in [-0.15, -0.1) is 0 Å². The third kappa shape index (κ3) is 3.69. The fourth-order valence-corrected chi connectivity index (χ4v) is 3.40. The molecule has 0 saturated heterocycles. The van der Waals surface area contributed by atoms with Gasteiger partial charge in [-0.3, -0.25) is 4.79 Å². The summed E-state index contributed by atoms with van der Waals surface area (Å²) in [6, 6.07) is 20.2. The Morgan fingerprint density at radius 1 is 0.920 bits per heavy atom. The summed E-state index contributed by atoms with van der Waals surface area (Å²) in [5.74, 6) is 0.0836. The first-order valence-corrected chi connectivity index (χ1v) is 9.06. The average molecular weight is 352 g/mol. The smallest absolute Gasteiger partial charge is 0.253 e. The van der Waals surface area contributed by atoms with Crippen molar-refractivity contribution in [3.05, 3.63) is 82.4 Å². The number of amides is 1. The normalized spacial score (nSPS) is 10.8. The van der Waals surface area contributed by atoms with E-state index >= 15 is 0 Å². The SMILES string of the molecule is CCN(CC)C(=O)c1ccc(Cc2ccc3ccccc3c2Cl)cc1. The third-order valence-electron chi connectivity index (χ3n) is 4.59. The van der Waals surface area contributed by atoms with Crippen LogP contribution in [0.15, 0.2) is 60.7 Å². The van der Waals surface area contributed by atoms with Gasteiger partial charge in [0.15, 0.2) is 0 Å². The maximum atomic E-state index is 12.4. The molecule has 0 bridgehead atoms. The topological polar surface area (TPSA) is 20.3 Å². The van der Waals surface area contributed by atoms with Gasteiger partial charge in [0.2, 0.25) is 0 Å². The van der Waals surface area contributed by atoms with Crippen molar-refractivity contribution in [2.45, 2.75) is 20.3 Å². The number of nitrogens with zero attached hydrogens (tertiary/aromatic N) is 1. The van der Waals surface area contributed by atoms with Crippen molar-refractivity contribution >= 4 is 28.3 Å². The Balaban J connectivity index is 1.82. The van der Waals surface area contributed by atoms with E-state index in [1.807, 2.05) is 61.2 Å². The van der Waals surface area contributed by atoms with Crippen LogP contribution in [0.1, 0.15) is 35.3 Å². The Hall–Kier alpha value is -2.32. The number of benzene rings is 3. The molecule has 0 fully saturated rings. The molecule has 1 amide bonds. The van der Waals surface area contributed by atoms with Crippen molar-refractivity contribution in [3.8, 4) is 0 Å². The Morgan fingerprint density at radius 3 is 2.28 bits per heavy atom. The Kier molecular flexibility index (Phi) is 5.40. The van der Waals surface area contributed by atoms with E-state index in [9.17, 15) is 4.79 Å². The van der Waals surface area contributed by atoms with Gasteiger partial charge < -0.3 is 4.90 Å². The van der Waals surface area contributed by atoms with Gasteiger partial charge in [-0.2, -0.15) is 0 Å². The van der Waals surface area contributed by atoms with Crippen molar-refractivity contribution in [1.29, 1.82) is 0 Å². The summed E-state index contributed by atoms with van der Waals surface area (Å²) < 4.78 is 0. The summed E-state index contributed by atoms with van der Waals surface area (Å²) in [5.41, 5.74) is 2.98. The number of carbonyl (C=O) groups excluding carboxylic acids is 1. The van der Waals surface area contributed by atoms with Crippen LogP contribution in [0, 0.1) is 0 Å². The van der Waals surface area contributed by atoms with Crippen molar-refractivity contribution in [1.82, 2.24) is 4.90 Å². The van der Waals surface area contributed by atoms with Gasteiger partial charge in [-0.05, 0) is 48.9 Å². The second kappa shape index (κ2) is 7.71. The fraction of sp³-hybridized carbons (Fsp3) is 0.227. The molecule has 3 aromatic carbocycles. The molecule has 0 aliphatic heterocycles. The van der Waals surface area contributed by atoms with Gasteiger partial charge in [-0.1, -0.05) is 60.1 Å². The standard InChI is InChI=1S/C22H22ClNO/c1-3-24(4-2)22(25)18-11-9-16(10-12-18)15-19-14-13-17-7-5-6-8-20(17)21(19)23/h5-14H,3-4,15H2,1-2H3. The van der Waals surface area contributed by atoms with Gasteiger partial charge in [0.25, 0.3) is 5.91 Å². The van der Waals surface area contributed by atoms with Crippen molar-refractivity contribution < 1.29 is 4.79 Å². The number of carbonyl (C=O) groups is 1. The van der Waals surface area contributed by atoms with Gasteiger partial charge in [0, 0.05) is 24.0 Å². The molecule has 0 saturated carbocycles. The highest BCUT2D eigenvalue weighted by molar-refractivity contribution is 6.36. The second-order valence-electron chi connectivity index (χ2n) is 6.11. The van der Waals surface area contributed by atoms with Gasteiger partial charge in [-0.25, -0.2) is 0 Å². The predicted octanol–water partition coefficient (Wildman–Crippen LogP) is 5.57. The zero-order valence-electron chi connectivity index (χ0n) is 14.6. The van der Waals surface area contributed by atoms with Crippen LogP contribution in [0.25, 0.3) is 10.8 Å². The number of hydrogen-bond acceptors (Lipinski definition) is 1. The molecule has 0 atom stereocenters. The van der Waals surface area contributed by atoms with E-state index in [2.05, 4.69) is 18.2 Å². The molecule has 0 aliphatic carbocycles. The lowest BCUT2D eigenvalue weighted by Gasteiger charge is -2.18. The molecule has 0 radical (unpaired) electrons. The van der Waals surface area contributed by atoms with Crippen molar-refractivity contribution in [3.63, 3.8) is 0 Å². The van der Waals surface area contributed by atoms with Crippen LogP contribution in [0.2, 0.25) is 5.02 Å². The average Bonchev–Trinajstić information content (AvgIpc) is 2.66. The van der Waals surface area contributed by atoms with Crippen LogP contribution >= 0.6 is 11.6 Å². The van der Waals surface area contributed by atoms with Crippen LogP contribution in [0.5, 0.6) is 0 Å². The Labute approximate surface area is 154 Å². The minimum atomic E-state index is 0.0836. The van der Waals surface area contributed by atoms with E-state index in [4.69, 9.17) is 11.6 Å². The summed E-state index contributed by atoms with van der Waals surface area (Å²) in [7, 11) is 0. The summed E-state index contributed by atoms with van der Waals surface area (Å²) in [6.07, 6.45) is 0.753. The second-order valence-corrected chi connectivity index (χ2v) is 6.49. The largest absolute Gasteiger partial charge is 0.339 e. The van der Waals surface area contributed by atoms with E-state index in [1.54, 1.807) is 0 Å². The van der Waals surface area contributed by atoms with Gasteiger partial charge >= 0.3 is 0 Å². The molecule has 3 heteroatoms. The lowest BCUT2D eigenvalue weighted by molar-refractivity contribution is 0.0773. The molecule has 25 heavy (non-hydrogen) atoms. The summed E-state index contributed by atoms with van der Waals surface area (Å²) in [6.45, 7) is 5.45. The van der Waals surface area contributed by atoms with Crippen LogP contribution < -0.4 is 0 Å². The van der Waals surface area contributed by atoms with E-state index in [-0.39, 0.29) is 5.91 Å². The summed E-state index contributed by atoms with van der Waals surface area (Å²) >= 11 is 6.59. The van der Waals surface area contributed by atoms with Crippen LogP contribution in [-0.4, -0.2) is 23.9 Å². The lowest BCUT2D eigenvalue weighted by atomic mass is 10.00. The molecular formula is C22H22ClNO. The summed E-state index contributed by atoms with van der Waals surface area (Å²) in [5, 5.41) is 3.04. The Bertz CT molecular complexity index is 882. The number of halogens is 1. The first kappa shape index (κ1) is 17.5. The highest BCUT2D eigenvalue weighted by Crippen LogP contribution is 2.28. The zero-order valence-corrected chi connectivity index (χ0v) is 15.4. The maximum Gasteiger partial charge on any atom is 0.253 e. The monoisotopic (exact) mass is 351 g/mol. The number of fused-ring (bicyclic) bond motifs is 1. The summed E-state index contributed by atoms with van der Waals surface area (Å²) in [4.78, 5) is 14.2. The van der Waals surface area contributed by atoms with Crippen molar-refractivity contribution in [2.75, 3.05) is 13.1 Å². The predicted molar refractivity (Wildman–Crippen MR) is 105 cm³/mol. The minimum absolute atomic E-state index is 0.0836. The molecule has 3 rings (SSSR count). The van der Waals surface area contributed by atoms with E-state index in [1.165, 1.54) is 0 Å². The number of hydrogen-bond donors (Lipinski definition) is 0. The quantitative estimate of drug-likeness (QED) is 0.588. The molecule has 0 spiro atoms. The molecular weight excluding hydrogens is 330 g/mol. The maximum absolute atomic E-state index is 12.4. The first-order valence-electron chi connectivity index (χ1n) is 8.68. The molecule has 0 aliphatic rings. The third-order valence-corrected chi connectivity index (χ3v) is 5.04. The molecule has 0 aromatic heterocycles. The molecule has 0 N–H and O–H groups in total. The fourth-order valence-electron chi connectivity index (χ4n) is 3.09. The van der Waals surface area contributed by atoms with E-state index in [0.29, 0.717) is 0 Å². The van der Waals surface area contributed by atoms with Crippen molar-refractivity contribution in [2.24, 2.45) is 0 Å². The van der Waals surface area contributed by atoms with Crippen LogP contribution in [0.3, 0.4) is 0 Å². The van der Waals surface area contributed by atoms with E-state index in [0.717, 1.165) is 52.0 Å². The zero-order chi connectivity index (χ0) is 17.8. The van der Waals surface area contributed by atoms with E-state index < -0.39 is 0 Å². The number of rotatable bonds is 5. The van der Waals surface area contributed by atoms with Gasteiger partial charge in [0.1, 0.15) is 0 Å². The highest BCUT2D eigenvalue weighted by atomic mass is 35.5.